The molecule has 1 heterocycles. The Hall–Kier alpha value is -2.60. The Balaban J connectivity index is 1.39. The monoisotopic (exact) mass is 368 g/mol. The number of aryl methyl sites for hydroxylation is 1. The molecule has 0 aliphatic carbocycles. The van der Waals surface area contributed by atoms with E-state index in [0.29, 0.717) is 35.6 Å². The van der Waals surface area contributed by atoms with E-state index in [4.69, 9.17) is 0 Å². The number of benzene rings is 2. The minimum atomic E-state index is -0.229. The van der Waals surface area contributed by atoms with Crippen molar-refractivity contribution < 1.29 is 14.4 Å². The maximum Gasteiger partial charge on any atom is 0.261 e. The van der Waals surface area contributed by atoms with E-state index < -0.39 is 0 Å². The Labute approximate surface area is 156 Å². The Morgan fingerprint density at radius 2 is 1.73 bits per heavy atom. The number of fused-ring (bicyclic) bond motifs is 1. The second kappa shape index (κ2) is 8.19. The van der Waals surface area contributed by atoms with E-state index >= 15 is 0 Å². The van der Waals surface area contributed by atoms with Crippen molar-refractivity contribution in [1.82, 2.24) is 4.90 Å². The predicted molar refractivity (Wildman–Crippen MR) is 104 cm³/mol. The van der Waals surface area contributed by atoms with Gasteiger partial charge in [0, 0.05) is 12.2 Å². The number of carbonyl (C=O) groups is 3. The highest BCUT2D eigenvalue weighted by Gasteiger charge is 2.34. The highest BCUT2D eigenvalue weighted by atomic mass is 32.2. The van der Waals surface area contributed by atoms with Crippen molar-refractivity contribution in [3.05, 3.63) is 65.2 Å². The predicted octanol–water partition coefficient (Wildman–Crippen LogP) is 3.35. The molecule has 0 unspecified atom stereocenters. The number of thioether (sulfide) groups is 1. The normalized spacial score (nSPS) is 13.0. The van der Waals surface area contributed by atoms with Gasteiger partial charge < -0.3 is 5.32 Å². The van der Waals surface area contributed by atoms with Crippen LogP contribution in [-0.2, 0) is 4.79 Å². The number of rotatable bonds is 7. The average molecular weight is 368 g/mol. The van der Waals surface area contributed by atoms with Gasteiger partial charge in [0.25, 0.3) is 11.8 Å². The van der Waals surface area contributed by atoms with Gasteiger partial charge in [0.2, 0.25) is 5.91 Å². The molecule has 0 spiro atoms. The van der Waals surface area contributed by atoms with Crippen molar-refractivity contribution in [2.45, 2.75) is 13.3 Å². The van der Waals surface area contributed by atoms with Crippen LogP contribution in [-0.4, -0.2) is 40.7 Å². The standard InChI is InChI=1S/C20H20N2O3S/c1-14-6-4-7-15(12-14)21-18(23)13-26-11-5-10-22-19(24)16-8-2-3-9-17(16)20(22)25/h2-4,6-9,12H,5,10-11,13H2,1H3,(H,21,23). The number of anilines is 1. The van der Waals surface area contributed by atoms with Gasteiger partial charge in [-0.2, -0.15) is 11.8 Å². The molecule has 0 radical (unpaired) electrons. The quantitative estimate of drug-likeness (QED) is 0.601. The summed E-state index contributed by atoms with van der Waals surface area (Å²) in [5.41, 5.74) is 2.84. The fourth-order valence-electron chi connectivity index (χ4n) is 2.85. The maximum absolute atomic E-state index is 12.2. The third-order valence-corrected chi connectivity index (χ3v) is 5.13. The molecule has 3 amide bonds. The van der Waals surface area contributed by atoms with Gasteiger partial charge in [0.15, 0.2) is 0 Å². The number of hydrogen-bond acceptors (Lipinski definition) is 4. The zero-order valence-electron chi connectivity index (χ0n) is 14.5. The summed E-state index contributed by atoms with van der Waals surface area (Å²) in [7, 11) is 0. The summed E-state index contributed by atoms with van der Waals surface area (Å²) in [5.74, 6) is 0.534. The summed E-state index contributed by atoms with van der Waals surface area (Å²) in [6.07, 6.45) is 0.661. The van der Waals surface area contributed by atoms with E-state index in [9.17, 15) is 14.4 Å². The van der Waals surface area contributed by atoms with Crippen LogP contribution < -0.4 is 5.32 Å². The number of carbonyl (C=O) groups excluding carboxylic acids is 3. The first-order valence-electron chi connectivity index (χ1n) is 8.46. The van der Waals surface area contributed by atoms with E-state index in [-0.39, 0.29) is 17.7 Å². The number of nitrogens with zero attached hydrogens (tertiary/aromatic N) is 1. The molecular weight excluding hydrogens is 348 g/mol. The largest absolute Gasteiger partial charge is 0.325 e. The first-order valence-corrected chi connectivity index (χ1v) is 9.61. The molecule has 2 aromatic carbocycles. The van der Waals surface area contributed by atoms with Gasteiger partial charge in [-0.1, -0.05) is 24.3 Å². The van der Waals surface area contributed by atoms with Crippen molar-refractivity contribution in [1.29, 1.82) is 0 Å². The Morgan fingerprint density at radius 1 is 1.04 bits per heavy atom. The van der Waals surface area contributed by atoms with Gasteiger partial charge in [-0.05, 0) is 48.9 Å². The molecule has 3 rings (SSSR count). The number of amides is 3. The van der Waals surface area contributed by atoms with Crippen LogP contribution in [0.15, 0.2) is 48.5 Å². The molecule has 0 saturated carbocycles. The van der Waals surface area contributed by atoms with Gasteiger partial charge in [-0.25, -0.2) is 0 Å². The minimum absolute atomic E-state index is 0.0543. The lowest BCUT2D eigenvalue weighted by atomic mass is 10.1. The smallest absolute Gasteiger partial charge is 0.261 e. The van der Waals surface area contributed by atoms with Gasteiger partial charge in [-0.3, -0.25) is 19.3 Å². The number of imide groups is 1. The lowest BCUT2D eigenvalue weighted by molar-refractivity contribution is -0.113. The molecule has 6 heteroatoms. The van der Waals surface area contributed by atoms with Crippen molar-refractivity contribution >= 4 is 35.2 Å². The highest BCUT2D eigenvalue weighted by molar-refractivity contribution is 7.99. The summed E-state index contributed by atoms with van der Waals surface area (Å²) in [5, 5.41) is 2.86. The highest BCUT2D eigenvalue weighted by Crippen LogP contribution is 2.22. The first-order chi connectivity index (χ1) is 12.6. The van der Waals surface area contributed by atoms with Crippen LogP contribution in [0.25, 0.3) is 0 Å². The SMILES string of the molecule is Cc1cccc(NC(=O)CSCCCN2C(=O)c3ccccc3C2=O)c1. The third kappa shape index (κ3) is 4.14. The van der Waals surface area contributed by atoms with Crippen molar-refractivity contribution in [3.8, 4) is 0 Å². The van der Waals surface area contributed by atoms with Crippen LogP contribution in [0.5, 0.6) is 0 Å². The van der Waals surface area contributed by atoms with Crippen LogP contribution in [0.2, 0.25) is 0 Å². The molecule has 2 aromatic rings. The number of nitrogens with one attached hydrogen (secondary N) is 1. The maximum atomic E-state index is 12.2. The second-order valence-corrected chi connectivity index (χ2v) is 7.24. The lowest BCUT2D eigenvalue weighted by Crippen LogP contribution is -2.31. The van der Waals surface area contributed by atoms with E-state index in [0.717, 1.165) is 11.3 Å². The molecule has 1 N–H and O–H groups in total. The molecule has 1 aliphatic rings. The zero-order valence-corrected chi connectivity index (χ0v) is 15.3. The Kier molecular flexibility index (Phi) is 5.73. The van der Waals surface area contributed by atoms with E-state index in [1.807, 2.05) is 31.2 Å². The van der Waals surface area contributed by atoms with Crippen LogP contribution in [0.1, 0.15) is 32.7 Å². The van der Waals surface area contributed by atoms with Crippen LogP contribution in [0.3, 0.4) is 0 Å². The third-order valence-electron chi connectivity index (χ3n) is 4.08. The topological polar surface area (TPSA) is 66.5 Å². The van der Waals surface area contributed by atoms with E-state index in [1.54, 1.807) is 24.3 Å². The summed E-state index contributed by atoms with van der Waals surface area (Å²) in [6, 6.07) is 14.5. The molecule has 0 atom stereocenters. The van der Waals surface area contributed by atoms with Gasteiger partial charge >= 0.3 is 0 Å². The lowest BCUT2D eigenvalue weighted by Gasteiger charge is -2.13. The van der Waals surface area contributed by atoms with Crippen molar-refractivity contribution in [2.75, 3.05) is 23.4 Å². The van der Waals surface area contributed by atoms with Gasteiger partial charge in [-0.15, -0.1) is 0 Å². The fraction of sp³-hybridized carbons (Fsp3) is 0.250. The molecule has 0 aromatic heterocycles. The van der Waals surface area contributed by atoms with Gasteiger partial charge in [0.05, 0.1) is 16.9 Å². The second-order valence-electron chi connectivity index (χ2n) is 6.13. The van der Waals surface area contributed by atoms with Crippen molar-refractivity contribution in [3.63, 3.8) is 0 Å². The molecule has 5 nitrogen and oxygen atoms in total. The molecule has 134 valence electrons. The van der Waals surface area contributed by atoms with E-state index in [1.165, 1.54) is 16.7 Å². The summed E-state index contributed by atoms with van der Waals surface area (Å²) in [6.45, 7) is 2.35. The number of hydrogen-bond donors (Lipinski definition) is 1. The summed E-state index contributed by atoms with van der Waals surface area (Å²) >= 11 is 1.49. The van der Waals surface area contributed by atoms with Gasteiger partial charge in [0.1, 0.15) is 0 Å². The minimum Gasteiger partial charge on any atom is -0.325 e. The molecule has 0 fully saturated rings. The van der Waals surface area contributed by atoms with E-state index in [2.05, 4.69) is 5.32 Å². The Bertz CT molecular complexity index is 815. The Morgan fingerprint density at radius 3 is 2.38 bits per heavy atom. The van der Waals surface area contributed by atoms with Crippen LogP contribution >= 0.6 is 11.8 Å². The summed E-state index contributed by atoms with van der Waals surface area (Å²) < 4.78 is 0. The zero-order chi connectivity index (χ0) is 18.5. The fourth-order valence-corrected chi connectivity index (χ4v) is 3.59. The molecular formula is C20H20N2O3S. The molecule has 1 aliphatic heterocycles. The van der Waals surface area contributed by atoms with Crippen LogP contribution in [0.4, 0.5) is 5.69 Å². The first kappa shape index (κ1) is 18.2. The molecule has 0 saturated heterocycles. The average Bonchev–Trinajstić information content (AvgIpc) is 2.86. The van der Waals surface area contributed by atoms with Crippen LogP contribution in [0, 0.1) is 6.92 Å². The molecule has 26 heavy (non-hydrogen) atoms. The van der Waals surface area contributed by atoms with Crippen molar-refractivity contribution in [2.24, 2.45) is 0 Å². The summed E-state index contributed by atoms with van der Waals surface area (Å²) in [4.78, 5) is 37.7. The molecule has 0 bridgehead atoms.